The Morgan fingerprint density at radius 2 is 1.75 bits per heavy atom. The third-order valence-corrected chi connectivity index (χ3v) is 3.08. The Kier molecular flexibility index (Phi) is 5.70. The number of nitrogens with one attached hydrogen (secondary N) is 3. The van der Waals surface area contributed by atoms with Gasteiger partial charge in [0.05, 0.1) is 5.54 Å². The molecule has 2 amide bonds. The van der Waals surface area contributed by atoms with Crippen molar-refractivity contribution in [1.82, 2.24) is 16.0 Å². The molecule has 1 aromatic rings. The summed E-state index contributed by atoms with van der Waals surface area (Å²) in [7, 11) is 1.60. The quantitative estimate of drug-likeness (QED) is 0.728. The van der Waals surface area contributed by atoms with E-state index in [1.807, 2.05) is 32.9 Å². The largest absolute Gasteiger partial charge is 0.355 e. The molecule has 0 spiro atoms. The zero-order valence-electron chi connectivity index (χ0n) is 12.5. The van der Waals surface area contributed by atoms with Crippen molar-refractivity contribution in [2.45, 2.75) is 32.9 Å². The van der Waals surface area contributed by atoms with Crippen molar-refractivity contribution in [3.63, 3.8) is 0 Å². The van der Waals surface area contributed by atoms with Crippen molar-refractivity contribution in [3.8, 4) is 0 Å². The minimum absolute atomic E-state index is 0.0465. The fourth-order valence-corrected chi connectivity index (χ4v) is 1.84. The van der Waals surface area contributed by atoms with Crippen molar-refractivity contribution in [1.29, 1.82) is 0 Å². The number of carbonyl (C=O) groups is 2. The van der Waals surface area contributed by atoms with Gasteiger partial charge in [0.2, 0.25) is 5.91 Å². The lowest BCUT2D eigenvalue weighted by atomic mass is 10.0. The van der Waals surface area contributed by atoms with E-state index < -0.39 is 5.54 Å². The maximum absolute atomic E-state index is 12.0. The molecule has 0 unspecified atom stereocenters. The first kappa shape index (κ1) is 16.2. The Morgan fingerprint density at radius 1 is 1.15 bits per heavy atom. The summed E-state index contributed by atoms with van der Waals surface area (Å²) in [4.78, 5) is 23.4. The average Bonchev–Trinajstić information content (AvgIpc) is 2.44. The fraction of sp³-hybridized carbons (Fsp3) is 0.467. The highest BCUT2D eigenvalue weighted by Crippen LogP contribution is 2.06. The summed E-state index contributed by atoms with van der Waals surface area (Å²) in [5.74, 6) is -0.163. The Balaban J connectivity index is 2.58. The number of amides is 2. The Hall–Kier alpha value is -1.88. The molecule has 0 bridgehead atoms. The van der Waals surface area contributed by atoms with Gasteiger partial charge in [0.15, 0.2) is 0 Å². The van der Waals surface area contributed by atoms with Gasteiger partial charge in [-0.25, -0.2) is 0 Å². The molecule has 110 valence electrons. The monoisotopic (exact) mass is 277 g/mol. The SMILES string of the molecule is CCNC(C)(C)C(=O)NCc1ccc(C(=O)NC)cc1. The van der Waals surface area contributed by atoms with E-state index in [4.69, 9.17) is 0 Å². The smallest absolute Gasteiger partial charge is 0.251 e. The first-order chi connectivity index (χ1) is 9.40. The zero-order valence-corrected chi connectivity index (χ0v) is 12.5. The molecule has 0 fully saturated rings. The average molecular weight is 277 g/mol. The Morgan fingerprint density at radius 3 is 2.25 bits per heavy atom. The molecule has 20 heavy (non-hydrogen) atoms. The predicted molar refractivity (Wildman–Crippen MR) is 79.4 cm³/mol. The third kappa shape index (κ3) is 4.35. The number of likely N-dealkylation sites (N-methyl/N-ethyl adjacent to an activating group) is 1. The molecule has 1 rings (SSSR count). The van der Waals surface area contributed by atoms with Gasteiger partial charge >= 0.3 is 0 Å². The van der Waals surface area contributed by atoms with Gasteiger partial charge < -0.3 is 16.0 Å². The van der Waals surface area contributed by atoms with E-state index in [1.165, 1.54) is 0 Å². The second-order valence-electron chi connectivity index (χ2n) is 5.11. The van der Waals surface area contributed by atoms with Crippen LogP contribution in [0.25, 0.3) is 0 Å². The summed E-state index contributed by atoms with van der Waals surface area (Å²) in [6, 6.07) is 7.17. The molecular formula is C15H23N3O2. The van der Waals surface area contributed by atoms with E-state index in [-0.39, 0.29) is 11.8 Å². The van der Waals surface area contributed by atoms with Crippen LogP contribution in [0.1, 0.15) is 36.7 Å². The van der Waals surface area contributed by atoms with Crippen molar-refractivity contribution in [2.75, 3.05) is 13.6 Å². The second-order valence-corrected chi connectivity index (χ2v) is 5.11. The highest BCUT2D eigenvalue weighted by Gasteiger charge is 2.25. The summed E-state index contributed by atoms with van der Waals surface area (Å²) in [6.45, 7) is 6.84. The van der Waals surface area contributed by atoms with Crippen molar-refractivity contribution in [3.05, 3.63) is 35.4 Å². The Bertz CT molecular complexity index is 467. The normalized spacial score (nSPS) is 11.0. The molecule has 0 aliphatic carbocycles. The van der Waals surface area contributed by atoms with Crippen LogP contribution < -0.4 is 16.0 Å². The first-order valence-corrected chi connectivity index (χ1v) is 6.75. The van der Waals surface area contributed by atoms with Crippen LogP contribution >= 0.6 is 0 Å². The summed E-state index contributed by atoms with van der Waals surface area (Å²) >= 11 is 0. The fourth-order valence-electron chi connectivity index (χ4n) is 1.84. The predicted octanol–water partition coefficient (Wildman–Crippen LogP) is 1.05. The van der Waals surface area contributed by atoms with Gasteiger partial charge in [0.25, 0.3) is 5.91 Å². The van der Waals surface area contributed by atoms with Gasteiger partial charge in [-0.15, -0.1) is 0 Å². The van der Waals surface area contributed by atoms with Crippen LogP contribution in [0.2, 0.25) is 0 Å². The van der Waals surface area contributed by atoms with Crippen LogP contribution in [0, 0.1) is 0 Å². The van der Waals surface area contributed by atoms with E-state index in [2.05, 4.69) is 16.0 Å². The van der Waals surface area contributed by atoms with E-state index in [9.17, 15) is 9.59 Å². The Labute approximate surface area is 120 Å². The molecule has 0 heterocycles. The minimum atomic E-state index is -0.587. The van der Waals surface area contributed by atoms with E-state index in [0.717, 1.165) is 12.1 Å². The van der Waals surface area contributed by atoms with Crippen LogP contribution in [-0.4, -0.2) is 30.9 Å². The van der Waals surface area contributed by atoms with Crippen LogP contribution in [0.5, 0.6) is 0 Å². The van der Waals surface area contributed by atoms with Gasteiger partial charge in [-0.2, -0.15) is 0 Å². The van der Waals surface area contributed by atoms with Gasteiger partial charge in [0, 0.05) is 19.2 Å². The minimum Gasteiger partial charge on any atom is -0.355 e. The zero-order chi connectivity index (χ0) is 15.2. The topological polar surface area (TPSA) is 70.2 Å². The summed E-state index contributed by atoms with van der Waals surface area (Å²) in [5.41, 5.74) is 0.977. The number of hydrogen-bond donors (Lipinski definition) is 3. The number of hydrogen-bond acceptors (Lipinski definition) is 3. The van der Waals surface area contributed by atoms with Crippen LogP contribution in [0.4, 0.5) is 0 Å². The second kappa shape index (κ2) is 7.05. The molecule has 0 saturated carbocycles. The highest BCUT2D eigenvalue weighted by atomic mass is 16.2. The molecule has 0 aliphatic heterocycles. The highest BCUT2D eigenvalue weighted by molar-refractivity contribution is 5.94. The molecule has 0 aromatic heterocycles. The molecule has 0 atom stereocenters. The summed E-state index contributed by atoms with van der Waals surface area (Å²) in [5, 5.41) is 8.58. The molecule has 0 saturated heterocycles. The lowest BCUT2D eigenvalue weighted by Crippen LogP contribution is -2.52. The lowest BCUT2D eigenvalue weighted by Gasteiger charge is -2.24. The van der Waals surface area contributed by atoms with E-state index in [0.29, 0.717) is 12.1 Å². The van der Waals surface area contributed by atoms with Gasteiger partial charge in [0.1, 0.15) is 0 Å². The van der Waals surface area contributed by atoms with Crippen molar-refractivity contribution in [2.24, 2.45) is 0 Å². The van der Waals surface area contributed by atoms with Crippen molar-refractivity contribution >= 4 is 11.8 Å². The molecule has 3 N–H and O–H groups in total. The molecule has 0 aliphatic rings. The summed E-state index contributed by atoms with van der Waals surface area (Å²) < 4.78 is 0. The number of carbonyl (C=O) groups excluding carboxylic acids is 2. The van der Waals surface area contributed by atoms with E-state index >= 15 is 0 Å². The van der Waals surface area contributed by atoms with Crippen LogP contribution in [0.15, 0.2) is 24.3 Å². The summed E-state index contributed by atoms with van der Waals surface area (Å²) in [6.07, 6.45) is 0. The molecule has 0 radical (unpaired) electrons. The van der Waals surface area contributed by atoms with E-state index in [1.54, 1.807) is 19.2 Å². The van der Waals surface area contributed by atoms with Gasteiger partial charge in [-0.1, -0.05) is 19.1 Å². The molecule has 5 heteroatoms. The maximum atomic E-state index is 12.0. The molecule has 5 nitrogen and oxygen atoms in total. The molecular weight excluding hydrogens is 254 g/mol. The molecule has 1 aromatic carbocycles. The van der Waals surface area contributed by atoms with Crippen LogP contribution in [0.3, 0.4) is 0 Å². The van der Waals surface area contributed by atoms with Crippen molar-refractivity contribution < 1.29 is 9.59 Å². The third-order valence-electron chi connectivity index (χ3n) is 3.08. The first-order valence-electron chi connectivity index (χ1n) is 6.75. The standard InChI is InChI=1S/C15H23N3O2/c1-5-18-15(2,3)14(20)17-10-11-6-8-12(9-7-11)13(19)16-4/h6-9,18H,5,10H2,1-4H3,(H,16,19)(H,17,20). The lowest BCUT2D eigenvalue weighted by molar-refractivity contribution is -0.126. The number of rotatable bonds is 6. The van der Waals surface area contributed by atoms with Crippen LogP contribution in [-0.2, 0) is 11.3 Å². The number of benzene rings is 1. The maximum Gasteiger partial charge on any atom is 0.251 e. The van der Waals surface area contributed by atoms with Gasteiger partial charge in [-0.05, 0) is 38.1 Å². The van der Waals surface area contributed by atoms with Gasteiger partial charge in [-0.3, -0.25) is 9.59 Å².